The minimum atomic E-state index is -1.00. The second kappa shape index (κ2) is 11.0. The highest BCUT2D eigenvalue weighted by atomic mass is 19.1. The lowest BCUT2D eigenvalue weighted by Gasteiger charge is -2.40. The third kappa shape index (κ3) is 5.76. The molecule has 3 heterocycles. The molecule has 0 saturated carbocycles. The molecule has 0 radical (unpaired) electrons. The number of nitrogens with zero attached hydrogens (tertiary/aromatic N) is 5. The quantitative estimate of drug-likeness (QED) is 0.385. The van der Waals surface area contributed by atoms with E-state index in [2.05, 4.69) is 50.7 Å². The number of carboxylic acids is 1. The zero-order chi connectivity index (χ0) is 25.8. The van der Waals surface area contributed by atoms with Crippen molar-refractivity contribution in [2.75, 3.05) is 26.7 Å². The number of pyridine rings is 1. The van der Waals surface area contributed by atoms with E-state index in [1.165, 1.54) is 30.0 Å². The van der Waals surface area contributed by atoms with Gasteiger partial charge in [-0.2, -0.15) is 0 Å². The van der Waals surface area contributed by atoms with E-state index < -0.39 is 5.97 Å². The number of aromatic carboxylic acids is 1. The first-order valence-corrected chi connectivity index (χ1v) is 12.4. The van der Waals surface area contributed by atoms with Crippen molar-refractivity contribution in [2.45, 2.75) is 25.6 Å². The Bertz CT molecular complexity index is 1360. The predicted molar refractivity (Wildman–Crippen MR) is 140 cm³/mol. The SMILES string of the molecule is CN1CCN(Cc2cnc(-c3cc(C(=O)O)ccn3)n2CCc2ccc(F)cc2)C(c2ccccc2)C1. The van der Waals surface area contributed by atoms with Crippen LogP contribution in [0, 0.1) is 5.82 Å². The lowest BCUT2D eigenvalue weighted by atomic mass is 10.0. The molecule has 0 bridgehead atoms. The Morgan fingerprint density at radius 3 is 2.59 bits per heavy atom. The Hall–Kier alpha value is -3.88. The van der Waals surface area contributed by atoms with Gasteiger partial charge in [0.1, 0.15) is 11.5 Å². The van der Waals surface area contributed by atoms with Gasteiger partial charge in [-0.1, -0.05) is 42.5 Å². The zero-order valence-electron chi connectivity index (χ0n) is 20.8. The number of rotatable bonds is 8. The number of aromatic nitrogens is 3. The summed E-state index contributed by atoms with van der Waals surface area (Å²) in [6.07, 6.45) is 4.05. The molecule has 2 aromatic carbocycles. The maximum absolute atomic E-state index is 13.4. The first-order chi connectivity index (χ1) is 18.0. The summed E-state index contributed by atoms with van der Waals surface area (Å²) in [5.41, 5.74) is 4.01. The molecule has 37 heavy (non-hydrogen) atoms. The molecule has 0 aliphatic carbocycles. The van der Waals surface area contributed by atoms with Crippen LogP contribution in [0.3, 0.4) is 0 Å². The number of hydrogen-bond acceptors (Lipinski definition) is 5. The normalized spacial score (nSPS) is 16.6. The van der Waals surface area contributed by atoms with Crippen LogP contribution in [-0.4, -0.2) is 62.1 Å². The molecule has 7 nitrogen and oxygen atoms in total. The highest BCUT2D eigenvalue weighted by molar-refractivity contribution is 5.88. The minimum Gasteiger partial charge on any atom is -0.478 e. The van der Waals surface area contributed by atoms with E-state index in [4.69, 9.17) is 4.98 Å². The number of benzene rings is 2. The van der Waals surface area contributed by atoms with Crippen LogP contribution in [0.15, 0.2) is 79.1 Å². The van der Waals surface area contributed by atoms with Crippen LogP contribution < -0.4 is 0 Å². The van der Waals surface area contributed by atoms with Crippen LogP contribution in [0.25, 0.3) is 11.5 Å². The smallest absolute Gasteiger partial charge is 0.335 e. The lowest BCUT2D eigenvalue weighted by molar-refractivity contribution is 0.0696. The first-order valence-electron chi connectivity index (χ1n) is 12.4. The monoisotopic (exact) mass is 499 g/mol. The molecule has 1 saturated heterocycles. The molecule has 1 N–H and O–H groups in total. The van der Waals surface area contributed by atoms with Crippen molar-refractivity contribution in [3.63, 3.8) is 0 Å². The van der Waals surface area contributed by atoms with Crippen LogP contribution in [0.2, 0.25) is 0 Å². The number of piperazine rings is 1. The van der Waals surface area contributed by atoms with E-state index in [0.29, 0.717) is 31.0 Å². The average Bonchev–Trinajstić information content (AvgIpc) is 3.32. The van der Waals surface area contributed by atoms with Gasteiger partial charge in [-0.05, 0) is 48.9 Å². The fourth-order valence-electron chi connectivity index (χ4n) is 4.91. The molecule has 1 atom stereocenters. The van der Waals surface area contributed by atoms with E-state index >= 15 is 0 Å². The molecule has 1 aliphatic heterocycles. The second-order valence-electron chi connectivity index (χ2n) is 9.50. The molecule has 5 rings (SSSR count). The third-order valence-electron chi connectivity index (χ3n) is 6.96. The van der Waals surface area contributed by atoms with Gasteiger partial charge in [-0.15, -0.1) is 0 Å². The van der Waals surface area contributed by atoms with Crippen LogP contribution >= 0.6 is 0 Å². The summed E-state index contributed by atoms with van der Waals surface area (Å²) in [4.78, 5) is 25.5. The fourth-order valence-corrected chi connectivity index (χ4v) is 4.91. The number of halogens is 1. The third-order valence-corrected chi connectivity index (χ3v) is 6.96. The highest BCUT2D eigenvalue weighted by Crippen LogP contribution is 2.28. The van der Waals surface area contributed by atoms with E-state index in [0.717, 1.165) is 30.9 Å². The van der Waals surface area contributed by atoms with Crippen molar-refractivity contribution in [1.82, 2.24) is 24.3 Å². The highest BCUT2D eigenvalue weighted by Gasteiger charge is 2.28. The van der Waals surface area contributed by atoms with Gasteiger partial charge in [-0.3, -0.25) is 9.88 Å². The van der Waals surface area contributed by atoms with E-state index in [1.807, 2.05) is 12.3 Å². The van der Waals surface area contributed by atoms with Crippen molar-refractivity contribution < 1.29 is 14.3 Å². The summed E-state index contributed by atoms with van der Waals surface area (Å²) in [5, 5.41) is 9.48. The number of likely N-dealkylation sites (N-methyl/N-ethyl adjacent to an activating group) is 1. The molecule has 1 unspecified atom stereocenters. The second-order valence-corrected chi connectivity index (χ2v) is 9.50. The Morgan fingerprint density at radius 2 is 1.84 bits per heavy atom. The average molecular weight is 500 g/mol. The standard InChI is InChI=1S/C29H30FN5O2/c1-33-15-16-34(27(20-33)22-5-3-2-4-6-22)19-25-18-32-28(26-17-23(29(36)37)11-13-31-26)35(25)14-12-21-7-9-24(30)10-8-21/h2-11,13,17-18,27H,12,14-16,19-20H2,1H3,(H,36,37). The predicted octanol–water partition coefficient (Wildman–Crippen LogP) is 4.51. The van der Waals surface area contributed by atoms with Gasteiger partial charge in [0.25, 0.3) is 0 Å². The first kappa shape index (κ1) is 24.8. The van der Waals surface area contributed by atoms with Crippen LogP contribution in [0.5, 0.6) is 0 Å². The number of carboxylic acid groups (broad SMARTS) is 1. The zero-order valence-corrected chi connectivity index (χ0v) is 20.8. The van der Waals surface area contributed by atoms with Crippen molar-refractivity contribution in [1.29, 1.82) is 0 Å². The topological polar surface area (TPSA) is 74.5 Å². The maximum atomic E-state index is 13.4. The molecular weight excluding hydrogens is 469 g/mol. The van der Waals surface area contributed by atoms with Gasteiger partial charge in [0.2, 0.25) is 0 Å². The molecule has 0 amide bonds. The van der Waals surface area contributed by atoms with Gasteiger partial charge in [-0.25, -0.2) is 14.2 Å². The summed E-state index contributed by atoms with van der Waals surface area (Å²) >= 11 is 0. The van der Waals surface area contributed by atoms with E-state index in [1.54, 1.807) is 18.2 Å². The summed E-state index contributed by atoms with van der Waals surface area (Å²) in [7, 11) is 2.15. The molecule has 4 aromatic rings. The molecule has 2 aromatic heterocycles. The Labute approximate surface area is 215 Å². The summed E-state index contributed by atoms with van der Waals surface area (Å²) in [6.45, 7) is 4.13. The molecule has 0 spiro atoms. The van der Waals surface area contributed by atoms with Gasteiger partial charge in [0.05, 0.1) is 17.5 Å². The summed E-state index contributed by atoms with van der Waals surface area (Å²) in [6, 6.07) is 20.4. The van der Waals surface area contributed by atoms with Gasteiger partial charge in [0.15, 0.2) is 5.82 Å². The summed E-state index contributed by atoms with van der Waals surface area (Å²) < 4.78 is 15.6. The molecule has 1 fully saturated rings. The van der Waals surface area contributed by atoms with E-state index in [-0.39, 0.29) is 17.4 Å². The van der Waals surface area contributed by atoms with Crippen molar-refractivity contribution in [2.24, 2.45) is 0 Å². The Kier molecular flexibility index (Phi) is 7.39. The minimum absolute atomic E-state index is 0.169. The number of aryl methyl sites for hydroxylation is 1. The molecular formula is C29H30FN5O2. The van der Waals surface area contributed by atoms with Gasteiger partial charge >= 0.3 is 5.97 Å². The van der Waals surface area contributed by atoms with Crippen molar-refractivity contribution in [3.05, 3.63) is 107 Å². The van der Waals surface area contributed by atoms with Crippen molar-refractivity contribution in [3.8, 4) is 11.5 Å². The largest absolute Gasteiger partial charge is 0.478 e. The Morgan fingerprint density at radius 1 is 1.05 bits per heavy atom. The van der Waals surface area contributed by atoms with Gasteiger partial charge in [0, 0.05) is 45.0 Å². The van der Waals surface area contributed by atoms with Crippen LogP contribution in [0.4, 0.5) is 4.39 Å². The fraction of sp³-hybridized carbons (Fsp3) is 0.276. The molecule has 8 heteroatoms. The van der Waals surface area contributed by atoms with Crippen LogP contribution in [-0.2, 0) is 19.5 Å². The molecule has 190 valence electrons. The lowest BCUT2D eigenvalue weighted by Crippen LogP contribution is -2.46. The maximum Gasteiger partial charge on any atom is 0.335 e. The van der Waals surface area contributed by atoms with Crippen molar-refractivity contribution >= 4 is 5.97 Å². The number of hydrogen-bond donors (Lipinski definition) is 1. The Balaban J connectivity index is 1.48. The number of imidazole rings is 1. The number of carbonyl (C=O) groups is 1. The van der Waals surface area contributed by atoms with Gasteiger partial charge < -0.3 is 14.6 Å². The van der Waals surface area contributed by atoms with Crippen LogP contribution in [0.1, 0.15) is 33.2 Å². The van der Waals surface area contributed by atoms with E-state index in [9.17, 15) is 14.3 Å². The summed E-state index contributed by atoms with van der Waals surface area (Å²) in [5.74, 6) is -0.633. The molecule has 1 aliphatic rings.